The number of para-hydroxylation sites is 1. The number of nitrogens with zero attached hydrogens (tertiary/aromatic N) is 1. The van der Waals surface area contributed by atoms with Gasteiger partial charge in [0.2, 0.25) is 0 Å². The predicted molar refractivity (Wildman–Crippen MR) is 96.7 cm³/mol. The van der Waals surface area contributed by atoms with Crippen LogP contribution in [0.4, 0.5) is 10.5 Å². The maximum Gasteiger partial charge on any atom is 0.415 e. The van der Waals surface area contributed by atoms with Crippen molar-refractivity contribution in [3.05, 3.63) is 66.2 Å². The highest BCUT2D eigenvalue weighted by molar-refractivity contribution is 5.95. The smallest absolute Gasteiger partial charge is 0.415 e. The summed E-state index contributed by atoms with van der Waals surface area (Å²) in [6, 6.07) is 16.9. The Bertz CT molecular complexity index is 707. The maximum atomic E-state index is 12.7. The van der Waals surface area contributed by atoms with E-state index in [0.29, 0.717) is 5.69 Å². The van der Waals surface area contributed by atoms with E-state index in [2.05, 4.69) is 0 Å². The van der Waals surface area contributed by atoms with E-state index < -0.39 is 23.7 Å². The van der Waals surface area contributed by atoms with Crippen LogP contribution < -0.4 is 4.90 Å². The van der Waals surface area contributed by atoms with Gasteiger partial charge in [-0.1, -0.05) is 48.5 Å². The lowest BCUT2D eigenvalue weighted by molar-refractivity contribution is -0.138. The van der Waals surface area contributed by atoms with Crippen molar-refractivity contribution >= 4 is 17.7 Å². The number of anilines is 1. The van der Waals surface area contributed by atoms with E-state index in [1.54, 1.807) is 45.0 Å². The van der Waals surface area contributed by atoms with Gasteiger partial charge in [-0.25, -0.2) is 9.59 Å². The fourth-order valence-corrected chi connectivity index (χ4v) is 2.44. The molecule has 0 heterocycles. The minimum absolute atomic E-state index is 0.185. The first-order chi connectivity index (χ1) is 11.8. The molecule has 0 spiro atoms. The number of carboxylic acids is 1. The van der Waals surface area contributed by atoms with Crippen LogP contribution in [0, 0.1) is 0 Å². The normalized spacial score (nSPS) is 12.3. The van der Waals surface area contributed by atoms with E-state index in [0.717, 1.165) is 5.56 Å². The summed E-state index contributed by atoms with van der Waals surface area (Å²) in [5.74, 6) is -1.08. The van der Waals surface area contributed by atoms with Crippen LogP contribution in [0.1, 0.15) is 26.3 Å². The third-order valence-corrected chi connectivity index (χ3v) is 3.49. The molecule has 0 aliphatic carbocycles. The first-order valence-corrected chi connectivity index (χ1v) is 8.12. The summed E-state index contributed by atoms with van der Waals surface area (Å²) in [6.07, 6.45) is -0.494. The molecule has 5 nitrogen and oxygen atoms in total. The molecule has 0 aromatic heterocycles. The molecule has 25 heavy (non-hydrogen) atoms. The average molecular weight is 341 g/mol. The molecule has 0 saturated carbocycles. The molecular weight excluding hydrogens is 318 g/mol. The Hall–Kier alpha value is -2.82. The van der Waals surface area contributed by atoms with Crippen LogP contribution in [0.2, 0.25) is 0 Å². The molecule has 2 aromatic carbocycles. The van der Waals surface area contributed by atoms with Crippen molar-refractivity contribution in [3.63, 3.8) is 0 Å². The molecule has 0 radical (unpaired) electrons. The monoisotopic (exact) mass is 341 g/mol. The topological polar surface area (TPSA) is 66.8 Å². The Labute approximate surface area is 147 Å². The summed E-state index contributed by atoms with van der Waals surface area (Å²) < 4.78 is 5.45. The summed E-state index contributed by atoms with van der Waals surface area (Å²) in [5, 5.41) is 9.76. The highest BCUT2D eigenvalue weighted by Gasteiger charge is 2.34. The molecule has 5 heteroatoms. The van der Waals surface area contributed by atoms with Crippen molar-refractivity contribution in [2.45, 2.75) is 38.8 Å². The minimum Gasteiger partial charge on any atom is -0.480 e. The SMILES string of the molecule is CC(C)(C)OC(=O)N(c1ccccc1)[C@H](Cc1ccccc1)C(=O)O. The van der Waals surface area contributed by atoms with Crippen LogP contribution in [-0.4, -0.2) is 28.8 Å². The van der Waals surface area contributed by atoms with Gasteiger partial charge in [0.1, 0.15) is 11.6 Å². The Morgan fingerprint density at radius 3 is 2.00 bits per heavy atom. The molecule has 0 aliphatic heterocycles. The third-order valence-electron chi connectivity index (χ3n) is 3.49. The van der Waals surface area contributed by atoms with Gasteiger partial charge in [-0.05, 0) is 38.5 Å². The zero-order valence-corrected chi connectivity index (χ0v) is 14.7. The third kappa shape index (κ3) is 5.35. The van der Waals surface area contributed by atoms with Crippen molar-refractivity contribution in [2.24, 2.45) is 0 Å². The van der Waals surface area contributed by atoms with E-state index in [1.165, 1.54) is 4.90 Å². The first kappa shape index (κ1) is 18.5. The number of rotatable bonds is 5. The second-order valence-electron chi connectivity index (χ2n) is 6.73. The highest BCUT2D eigenvalue weighted by atomic mass is 16.6. The lowest BCUT2D eigenvalue weighted by Crippen LogP contribution is -2.48. The minimum atomic E-state index is -1.08. The van der Waals surface area contributed by atoms with Crippen molar-refractivity contribution in [1.29, 1.82) is 0 Å². The van der Waals surface area contributed by atoms with Crippen molar-refractivity contribution in [3.8, 4) is 0 Å². The lowest BCUT2D eigenvalue weighted by Gasteiger charge is -2.31. The van der Waals surface area contributed by atoms with Gasteiger partial charge >= 0.3 is 12.1 Å². The van der Waals surface area contributed by atoms with Crippen LogP contribution in [0.25, 0.3) is 0 Å². The lowest BCUT2D eigenvalue weighted by atomic mass is 10.0. The molecule has 1 atom stereocenters. The summed E-state index contributed by atoms with van der Waals surface area (Å²) in [5.41, 5.74) is 0.597. The van der Waals surface area contributed by atoms with Crippen LogP contribution >= 0.6 is 0 Å². The summed E-state index contributed by atoms with van der Waals surface area (Å²) in [6.45, 7) is 5.25. The quantitative estimate of drug-likeness (QED) is 0.888. The molecule has 0 saturated heterocycles. The van der Waals surface area contributed by atoms with E-state index in [-0.39, 0.29) is 6.42 Å². The Kier molecular flexibility index (Phi) is 5.80. The van der Waals surface area contributed by atoms with Crippen LogP contribution in [-0.2, 0) is 16.0 Å². The fraction of sp³-hybridized carbons (Fsp3) is 0.300. The molecule has 1 amide bonds. The number of ether oxygens (including phenoxy) is 1. The van der Waals surface area contributed by atoms with Crippen molar-refractivity contribution in [2.75, 3.05) is 4.90 Å². The zero-order valence-electron chi connectivity index (χ0n) is 14.7. The predicted octanol–water partition coefficient (Wildman–Crippen LogP) is 4.12. The number of amides is 1. The largest absolute Gasteiger partial charge is 0.480 e. The zero-order chi connectivity index (χ0) is 18.4. The Morgan fingerprint density at radius 1 is 1.00 bits per heavy atom. The molecular formula is C20H23NO4. The standard InChI is InChI=1S/C20H23NO4/c1-20(2,3)25-19(24)21(16-12-8-5-9-13-16)17(18(22)23)14-15-10-6-4-7-11-15/h4-13,17H,14H2,1-3H3,(H,22,23)/t17-/m1/s1. The molecule has 132 valence electrons. The van der Waals surface area contributed by atoms with E-state index >= 15 is 0 Å². The first-order valence-electron chi connectivity index (χ1n) is 8.12. The fourth-order valence-electron chi connectivity index (χ4n) is 2.44. The van der Waals surface area contributed by atoms with Gasteiger partial charge in [0, 0.05) is 12.1 Å². The average Bonchev–Trinajstić information content (AvgIpc) is 2.54. The Balaban J connectivity index is 2.40. The van der Waals surface area contributed by atoms with E-state index in [1.807, 2.05) is 36.4 Å². The van der Waals surface area contributed by atoms with Gasteiger partial charge in [0.15, 0.2) is 0 Å². The molecule has 0 aliphatic rings. The van der Waals surface area contributed by atoms with Crippen LogP contribution in [0.5, 0.6) is 0 Å². The van der Waals surface area contributed by atoms with Gasteiger partial charge < -0.3 is 9.84 Å². The Morgan fingerprint density at radius 2 is 1.52 bits per heavy atom. The van der Waals surface area contributed by atoms with Gasteiger partial charge in [0.25, 0.3) is 0 Å². The van der Waals surface area contributed by atoms with Gasteiger partial charge in [-0.15, -0.1) is 0 Å². The molecule has 2 aromatic rings. The number of carbonyl (C=O) groups is 2. The summed E-state index contributed by atoms with van der Waals surface area (Å²) in [4.78, 5) is 25.9. The molecule has 0 unspecified atom stereocenters. The number of benzene rings is 2. The number of hydrogen-bond donors (Lipinski definition) is 1. The maximum absolute atomic E-state index is 12.7. The van der Waals surface area contributed by atoms with Crippen LogP contribution in [0.15, 0.2) is 60.7 Å². The van der Waals surface area contributed by atoms with Crippen LogP contribution in [0.3, 0.4) is 0 Å². The second kappa shape index (κ2) is 7.83. The summed E-state index contributed by atoms with van der Waals surface area (Å²) in [7, 11) is 0. The molecule has 0 bridgehead atoms. The molecule has 2 rings (SSSR count). The molecule has 1 N–H and O–H groups in total. The van der Waals surface area contributed by atoms with Crippen molar-refractivity contribution < 1.29 is 19.4 Å². The van der Waals surface area contributed by atoms with Gasteiger partial charge in [-0.3, -0.25) is 4.90 Å². The number of aliphatic carboxylic acids is 1. The number of carboxylic acid groups (broad SMARTS) is 1. The van der Waals surface area contributed by atoms with Gasteiger partial charge in [-0.2, -0.15) is 0 Å². The van der Waals surface area contributed by atoms with E-state index in [9.17, 15) is 14.7 Å². The number of hydrogen-bond acceptors (Lipinski definition) is 3. The van der Waals surface area contributed by atoms with Crippen molar-refractivity contribution in [1.82, 2.24) is 0 Å². The highest BCUT2D eigenvalue weighted by Crippen LogP contribution is 2.23. The second-order valence-corrected chi connectivity index (χ2v) is 6.73. The van der Waals surface area contributed by atoms with E-state index in [4.69, 9.17) is 4.74 Å². The molecule has 0 fully saturated rings. The number of carbonyl (C=O) groups excluding carboxylic acids is 1. The van der Waals surface area contributed by atoms with Gasteiger partial charge in [0.05, 0.1) is 0 Å². The summed E-state index contributed by atoms with van der Waals surface area (Å²) >= 11 is 0.